The molecule has 0 bridgehead atoms. The molecule has 0 nitrogen and oxygen atoms in total. The molecule has 0 N–H and O–H groups in total. The normalized spacial score (nSPS) is 31.0. The molecule has 0 amide bonds. The number of rotatable bonds is 3. The second-order valence-electron chi connectivity index (χ2n) is 8.15. The highest BCUT2D eigenvalue weighted by Gasteiger charge is 2.34. The van der Waals surface area contributed by atoms with E-state index in [2.05, 4.69) is 31.2 Å². The van der Waals surface area contributed by atoms with Crippen molar-refractivity contribution in [1.82, 2.24) is 0 Å². The maximum Gasteiger partial charge on any atom is 0.412 e. The second kappa shape index (κ2) is 8.14. The van der Waals surface area contributed by atoms with Crippen molar-refractivity contribution in [3.63, 3.8) is 0 Å². The molecule has 0 spiro atoms. The number of hydrogen-bond donors (Lipinski definition) is 0. The Bertz CT molecular complexity index is 615. The van der Waals surface area contributed by atoms with Crippen molar-refractivity contribution in [3.05, 3.63) is 47.3 Å². The van der Waals surface area contributed by atoms with Gasteiger partial charge in [0.1, 0.15) is 5.83 Å². The minimum atomic E-state index is -4.55. The van der Waals surface area contributed by atoms with E-state index in [1.165, 1.54) is 36.8 Å². The fourth-order valence-corrected chi connectivity index (χ4v) is 5.09. The smallest absolute Gasteiger partial charge is 0.212 e. The van der Waals surface area contributed by atoms with E-state index in [1.807, 2.05) is 0 Å². The van der Waals surface area contributed by atoms with Crippen LogP contribution in [-0.2, 0) is 0 Å². The van der Waals surface area contributed by atoms with Crippen LogP contribution < -0.4 is 0 Å². The first kappa shape index (κ1) is 19.4. The lowest BCUT2D eigenvalue weighted by molar-refractivity contribution is -0.0821. The summed E-state index contributed by atoms with van der Waals surface area (Å²) in [4.78, 5) is 0. The lowest BCUT2D eigenvalue weighted by Gasteiger charge is -2.38. The molecular weight excluding hydrogens is 340 g/mol. The quantitative estimate of drug-likeness (QED) is 0.485. The Balaban J connectivity index is 1.50. The summed E-state index contributed by atoms with van der Waals surface area (Å²) in [6.45, 7) is 2.17. The maximum absolute atomic E-state index is 13.8. The molecule has 0 aromatic heterocycles. The van der Waals surface area contributed by atoms with Gasteiger partial charge in [0.15, 0.2) is 0 Å². The summed E-state index contributed by atoms with van der Waals surface area (Å²) < 4.78 is 50.7. The van der Waals surface area contributed by atoms with Crippen LogP contribution in [0.2, 0.25) is 0 Å². The van der Waals surface area contributed by atoms with E-state index in [4.69, 9.17) is 0 Å². The predicted octanol–water partition coefficient (Wildman–Crippen LogP) is 7.49. The van der Waals surface area contributed by atoms with Gasteiger partial charge in [0.05, 0.1) is 6.08 Å². The van der Waals surface area contributed by atoms with Gasteiger partial charge in [0, 0.05) is 5.92 Å². The van der Waals surface area contributed by atoms with E-state index < -0.39 is 17.9 Å². The summed E-state index contributed by atoms with van der Waals surface area (Å²) in [7, 11) is 0. The van der Waals surface area contributed by atoms with Gasteiger partial charge in [0.2, 0.25) is 0 Å². The van der Waals surface area contributed by atoms with E-state index >= 15 is 0 Å². The molecule has 4 heteroatoms. The highest BCUT2D eigenvalue weighted by molar-refractivity contribution is 5.29. The van der Waals surface area contributed by atoms with Crippen molar-refractivity contribution < 1.29 is 17.6 Å². The molecule has 0 unspecified atom stereocenters. The van der Waals surface area contributed by atoms with Gasteiger partial charge in [-0.2, -0.15) is 13.2 Å². The molecule has 144 valence electrons. The zero-order valence-electron chi connectivity index (χ0n) is 15.4. The number of alkyl halides is 3. The number of allylic oxidation sites excluding steroid dienone is 2. The lowest BCUT2D eigenvalue weighted by Crippen LogP contribution is -2.26. The summed E-state index contributed by atoms with van der Waals surface area (Å²) in [5.74, 6) is 0.347. The van der Waals surface area contributed by atoms with Crippen molar-refractivity contribution in [2.75, 3.05) is 0 Å². The highest BCUT2D eigenvalue weighted by atomic mass is 19.4. The Hall–Kier alpha value is -1.32. The van der Waals surface area contributed by atoms with Gasteiger partial charge in [0.25, 0.3) is 0 Å². The number of aryl methyl sites for hydroxylation is 1. The van der Waals surface area contributed by atoms with Gasteiger partial charge in [-0.1, -0.05) is 24.3 Å². The van der Waals surface area contributed by atoms with Gasteiger partial charge < -0.3 is 0 Å². The summed E-state index contributed by atoms with van der Waals surface area (Å²) in [5.41, 5.74) is 2.83. The van der Waals surface area contributed by atoms with E-state index in [0.29, 0.717) is 30.6 Å². The molecule has 0 radical (unpaired) electrons. The third-order valence-electron chi connectivity index (χ3n) is 6.53. The van der Waals surface area contributed by atoms with Gasteiger partial charge in [-0.05, 0) is 87.2 Å². The van der Waals surface area contributed by atoms with Crippen molar-refractivity contribution in [3.8, 4) is 0 Å². The van der Waals surface area contributed by atoms with Crippen LogP contribution in [0.1, 0.15) is 68.4 Å². The maximum atomic E-state index is 13.8. The summed E-state index contributed by atoms with van der Waals surface area (Å²) in [6, 6.07) is 8.60. The molecule has 0 atom stereocenters. The third-order valence-corrected chi connectivity index (χ3v) is 6.53. The van der Waals surface area contributed by atoms with Crippen LogP contribution in [0.5, 0.6) is 0 Å². The molecule has 3 rings (SSSR count). The zero-order chi connectivity index (χ0) is 18.7. The minimum Gasteiger partial charge on any atom is -0.212 e. The first-order valence-corrected chi connectivity index (χ1v) is 9.84. The average Bonchev–Trinajstić information content (AvgIpc) is 2.61. The third kappa shape index (κ3) is 4.89. The second-order valence-corrected chi connectivity index (χ2v) is 8.15. The Morgan fingerprint density at radius 1 is 0.885 bits per heavy atom. The van der Waals surface area contributed by atoms with E-state index in [-0.39, 0.29) is 6.08 Å². The first-order valence-electron chi connectivity index (χ1n) is 9.84. The standard InChI is InChI=1S/C22H28F4/c1-15-4-2-3-5-20(15)18-10-6-16(7-11-18)17-8-12-19(13-9-17)21(23)14-22(24,25)26/h2-5,14,16-19H,6-13H2,1H3/b21-14-. The van der Waals surface area contributed by atoms with Crippen LogP contribution in [-0.4, -0.2) is 6.18 Å². The van der Waals surface area contributed by atoms with Gasteiger partial charge >= 0.3 is 6.18 Å². The zero-order valence-corrected chi connectivity index (χ0v) is 15.4. The number of benzene rings is 1. The van der Waals surface area contributed by atoms with Gasteiger partial charge in [-0.15, -0.1) is 0 Å². The van der Waals surface area contributed by atoms with Crippen LogP contribution >= 0.6 is 0 Å². The average molecular weight is 368 g/mol. The predicted molar refractivity (Wildman–Crippen MR) is 96.6 cm³/mol. The molecule has 0 aliphatic heterocycles. The highest BCUT2D eigenvalue weighted by Crippen LogP contribution is 2.45. The van der Waals surface area contributed by atoms with Crippen molar-refractivity contribution >= 4 is 0 Å². The molecule has 1 aromatic rings. The van der Waals surface area contributed by atoms with E-state index in [1.54, 1.807) is 0 Å². The Morgan fingerprint density at radius 3 is 1.96 bits per heavy atom. The molecule has 2 saturated carbocycles. The monoisotopic (exact) mass is 368 g/mol. The summed E-state index contributed by atoms with van der Waals surface area (Å²) >= 11 is 0. The fourth-order valence-electron chi connectivity index (χ4n) is 5.09. The van der Waals surface area contributed by atoms with Crippen molar-refractivity contribution in [2.45, 2.75) is 70.4 Å². The molecule has 26 heavy (non-hydrogen) atoms. The summed E-state index contributed by atoms with van der Waals surface area (Å²) in [6.07, 6.45) is 2.91. The molecule has 0 saturated heterocycles. The van der Waals surface area contributed by atoms with Crippen molar-refractivity contribution in [1.29, 1.82) is 0 Å². The molecule has 2 aliphatic rings. The summed E-state index contributed by atoms with van der Waals surface area (Å²) in [5, 5.41) is 0. The molecular formula is C22H28F4. The number of hydrogen-bond acceptors (Lipinski definition) is 0. The fraction of sp³-hybridized carbons (Fsp3) is 0.636. The van der Waals surface area contributed by atoms with Gasteiger partial charge in [-0.25, -0.2) is 4.39 Å². The van der Waals surface area contributed by atoms with E-state index in [0.717, 1.165) is 12.8 Å². The van der Waals surface area contributed by atoms with Crippen molar-refractivity contribution in [2.24, 2.45) is 17.8 Å². The minimum absolute atomic E-state index is 0.147. The number of halogens is 4. The van der Waals surface area contributed by atoms with Gasteiger partial charge in [-0.3, -0.25) is 0 Å². The van der Waals surface area contributed by atoms with Crippen LogP contribution in [0.3, 0.4) is 0 Å². The largest absolute Gasteiger partial charge is 0.412 e. The van der Waals surface area contributed by atoms with E-state index in [9.17, 15) is 17.6 Å². The molecule has 2 fully saturated rings. The Morgan fingerprint density at radius 2 is 1.42 bits per heavy atom. The Kier molecular flexibility index (Phi) is 6.09. The Labute approximate surface area is 153 Å². The first-order chi connectivity index (χ1) is 12.3. The SMILES string of the molecule is Cc1ccccc1C1CCC(C2CCC(/C(F)=C/C(F)(F)F)CC2)CC1. The van der Waals surface area contributed by atoms with Crippen LogP contribution in [0.4, 0.5) is 17.6 Å². The lowest BCUT2D eigenvalue weighted by atomic mass is 9.68. The van der Waals surface area contributed by atoms with Crippen LogP contribution in [0.15, 0.2) is 36.2 Å². The molecule has 0 heterocycles. The van der Waals surface area contributed by atoms with Crippen LogP contribution in [0.25, 0.3) is 0 Å². The van der Waals surface area contributed by atoms with Crippen LogP contribution in [0, 0.1) is 24.7 Å². The topological polar surface area (TPSA) is 0 Å². The molecule has 2 aliphatic carbocycles. The molecule has 1 aromatic carbocycles.